The Bertz CT molecular complexity index is 938. The summed E-state index contributed by atoms with van der Waals surface area (Å²) < 4.78 is 7.17. The lowest BCUT2D eigenvalue weighted by molar-refractivity contribution is -0.141. The Morgan fingerprint density at radius 3 is 2.69 bits per heavy atom. The number of fused-ring (bicyclic) bond motifs is 1. The van der Waals surface area contributed by atoms with Crippen molar-refractivity contribution in [2.45, 2.75) is 19.8 Å². The third kappa shape index (κ3) is 5.01. The topological polar surface area (TPSA) is 68.3 Å². The molecule has 26 heavy (non-hydrogen) atoms. The lowest BCUT2D eigenvalue weighted by Crippen LogP contribution is -2.12. The number of benzene rings is 2. The van der Waals surface area contributed by atoms with Crippen LogP contribution in [0.5, 0.6) is 0 Å². The number of anilines is 1. The van der Waals surface area contributed by atoms with Crippen LogP contribution in [-0.4, -0.2) is 23.5 Å². The number of rotatable bonds is 6. The summed E-state index contributed by atoms with van der Waals surface area (Å²) in [7, 11) is 0. The van der Waals surface area contributed by atoms with Gasteiger partial charge in [-0.2, -0.15) is 0 Å². The minimum atomic E-state index is -0.328. The van der Waals surface area contributed by atoms with Gasteiger partial charge in [-0.05, 0) is 71.5 Å². The summed E-state index contributed by atoms with van der Waals surface area (Å²) in [5.74, 6) is -0.426. The Morgan fingerprint density at radius 1 is 1.19 bits per heavy atom. The summed E-state index contributed by atoms with van der Waals surface area (Å²) in [5, 5.41) is 3.80. The molecule has 0 aliphatic rings. The normalized spacial score (nSPS) is 10.7. The molecule has 1 amide bonds. The highest BCUT2D eigenvalue weighted by molar-refractivity contribution is 14.1. The van der Waals surface area contributed by atoms with Crippen molar-refractivity contribution >= 4 is 61.7 Å². The van der Waals surface area contributed by atoms with Gasteiger partial charge < -0.3 is 10.1 Å². The van der Waals surface area contributed by atoms with Gasteiger partial charge in [-0.1, -0.05) is 0 Å². The summed E-state index contributed by atoms with van der Waals surface area (Å²) in [4.78, 5) is 27.2. The molecule has 0 fully saturated rings. The van der Waals surface area contributed by atoms with Crippen LogP contribution in [0.1, 0.15) is 19.8 Å². The molecule has 0 aliphatic carbocycles. The van der Waals surface area contributed by atoms with E-state index in [2.05, 4.69) is 39.0 Å². The highest BCUT2D eigenvalue weighted by Crippen LogP contribution is 2.31. The molecule has 0 atom stereocenters. The highest BCUT2D eigenvalue weighted by atomic mass is 127. The smallest absolute Gasteiger partial charge is 0.302 e. The zero-order valence-corrected chi connectivity index (χ0v) is 17.1. The van der Waals surface area contributed by atoms with Gasteiger partial charge in [-0.15, -0.1) is 11.3 Å². The fraction of sp³-hybridized carbons (Fsp3) is 0.211. The summed E-state index contributed by atoms with van der Waals surface area (Å²) in [6, 6.07) is 13.9. The number of hydrogen-bond acceptors (Lipinski definition) is 5. The van der Waals surface area contributed by atoms with Crippen molar-refractivity contribution in [3.63, 3.8) is 0 Å². The van der Waals surface area contributed by atoms with Gasteiger partial charge in [0.1, 0.15) is 5.01 Å². The Kier molecular flexibility index (Phi) is 6.20. The van der Waals surface area contributed by atoms with Crippen LogP contribution in [-0.2, 0) is 14.3 Å². The van der Waals surface area contributed by atoms with Crippen LogP contribution < -0.4 is 5.32 Å². The largest absolute Gasteiger partial charge is 0.466 e. The molecule has 0 unspecified atom stereocenters. The van der Waals surface area contributed by atoms with Crippen LogP contribution in [0, 0.1) is 3.57 Å². The van der Waals surface area contributed by atoms with E-state index < -0.39 is 0 Å². The van der Waals surface area contributed by atoms with Gasteiger partial charge in [0.05, 0.1) is 16.8 Å². The molecule has 5 nitrogen and oxygen atoms in total. The van der Waals surface area contributed by atoms with Gasteiger partial charge in [0.2, 0.25) is 5.91 Å². The summed E-state index contributed by atoms with van der Waals surface area (Å²) >= 11 is 3.95. The van der Waals surface area contributed by atoms with Crippen LogP contribution in [0.25, 0.3) is 20.8 Å². The average molecular weight is 480 g/mol. The molecule has 1 heterocycles. The van der Waals surface area contributed by atoms with Crippen molar-refractivity contribution in [3.8, 4) is 10.6 Å². The lowest BCUT2D eigenvalue weighted by atomic mass is 10.2. The van der Waals surface area contributed by atoms with Crippen LogP contribution in [0.3, 0.4) is 0 Å². The van der Waals surface area contributed by atoms with E-state index in [1.165, 1.54) is 10.5 Å². The van der Waals surface area contributed by atoms with E-state index in [-0.39, 0.29) is 18.5 Å². The first-order valence-corrected chi connectivity index (χ1v) is 10.0. The summed E-state index contributed by atoms with van der Waals surface area (Å²) in [6.45, 7) is 1.62. The van der Waals surface area contributed by atoms with E-state index in [1.54, 1.807) is 11.3 Å². The first kappa shape index (κ1) is 18.8. The predicted molar refractivity (Wildman–Crippen MR) is 112 cm³/mol. The van der Waals surface area contributed by atoms with Crippen LogP contribution in [0.2, 0.25) is 0 Å². The molecule has 0 spiro atoms. The molecule has 0 bridgehead atoms. The second-order valence-corrected chi connectivity index (χ2v) is 7.98. The van der Waals surface area contributed by atoms with E-state index >= 15 is 0 Å². The summed E-state index contributed by atoms with van der Waals surface area (Å²) in [6.07, 6.45) is 0.819. The number of amides is 1. The molecule has 3 aromatic rings. The molecule has 0 saturated carbocycles. The monoisotopic (exact) mass is 480 g/mol. The molecule has 134 valence electrons. The number of halogens is 1. The average Bonchev–Trinajstić information content (AvgIpc) is 3.02. The molecular formula is C19H17IN2O3S. The van der Waals surface area contributed by atoms with E-state index in [4.69, 9.17) is 4.74 Å². The maximum absolute atomic E-state index is 11.9. The van der Waals surface area contributed by atoms with Crippen LogP contribution >= 0.6 is 33.9 Å². The molecule has 2 aromatic carbocycles. The van der Waals surface area contributed by atoms with Crippen molar-refractivity contribution in [2.75, 3.05) is 11.9 Å². The van der Waals surface area contributed by atoms with Crippen molar-refractivity contribution in [1.29, 1.82) is 0 Å². The number of carbonyl (C=O) groups excluding carboxylic acids is 2. The first-order chi connectivity index (χ1) is 12.5. The van der Waals surface area contributed by atoms with Gasteiger partial charge in [-0.3, -0.25) is 9.59 Å². The molecule has 0 aliphatic heterocycles. The Labute approximate surface area is 168 Å². The molecule has 3 rings (SSSR count). The fourth-order valence-corrected chi connectivity index (χ4v) is 4.10. The van der Waals surface area contributed by atoms with Crippen molar-refractivity contribution in [3.05, 3.63) is 46.0 Å². The number of nitrogens with one attached hydrogen (secondary N) is 1. The molecule has 1 aromatic heterocycles. The maximum atomic E-state index is 11.9. The molecule has 0 saturated heterocycles. The first-order valence-electron chi connectivity index (χ1n) is 8.11. The standard InChI is InChI=1S/C19H17IN2O3S/c1-12(23)25-10-2-3-18(24)21-15-7-4-13(5-8-15)19-22-16-9-6-14(20)11-17(16)26-19/h4-9,11H,2-3,10H2,1H3,(H,21,24). The number of esters is 1. The van der Waals surface area contributed by atoms with Crippen LogP contribution in [0.4, 0.5) is 5.69 Å². The van der Waals surface area contributed by atoms with E-state index in [1.807, 2.05) is 36.4 Å². The minimum Gasteiger partial charge on any atom is -0.466 e. The number of nitrogens with zero attached hydrogens (tertiary/aromatic N) is 1. The van der Waals surface area contributed by atoms with Crippen molar-refractivity contribution < 1.29 is 14.3 Å². The second kappa shape index (κ2) is 8.59. The Morgan fingerprint density at radius 2 is 1.96 bits per heavy atom. The molecule has 1 N–H and O–H groups in total. The molecule has 0 radical (unpaired) electrons. The van der Waals surface area contributed by atoms with Gasteiger partial charge in [-0.25, -0.2) is 4.98 Å². The van der Waals surface area contributed by atoms with E-state index in [9.17, 15) is 9.59 Å². The minimum absolute atomic E-state index is 0.0977. The molecular weight excluding hydrogens is 463 g/mol. The quantitative estimate of drug-likeness (QED) is 0.311. The van der Waals surface area contributed by atoms with E-state index in [0.717, 1.165) is 26.5 Å². The summed E-state index contributed by atoms with van der Waals surface area (Å²) in [5.41, 5.74) is 2.76. The zero-order chi connectivity index (χ0) is 18.5. The van der Waals surface area contributed by atoms with Gasteiger partial charge in [0.25, 0.3) is 0 Å². The van der Waals surface area contributed by atoms with Crippen molar-refractivity contribution in [1.82, 2.24) is 4.98 Å². The Hall–Kier alpha value is -2.00. The number of aromatic nitrogens is 1. The Balaban J connectivity index is 1.60. The number of carbonyl (C=O) groups is 2. The van der Waals surface area contributed by atoms with E-state index in [0.29, 0.717) is 12.8 Å². The van der Waals surface area contributed by atoms with Crippen LogP contribution in [0.15, 0.2) is 42.5 Å². The molecule has 7 heteroatoms. The zero-order valence-electron chi connectivity index (χ0n) is 14.1. The fourth-order valence-electron chi connectivity index (χ4n) is 2.39. The number of ether oxygens (including phenoxy) is 1. The van der Waals surface area contributed by atoms with Gasteiger partial charge in [0, 0.05) is 28.2 Å². The number of thiazole rings is 1. The van der Waals surface area contributed by atoms with Gasteiger partial charge >= 0.3 is 5.97 Å². The third-order valence-corrected chi connectivity index (χ3v) is 5.36. The SMILES string of the molecule is CC(=O)OCCCC(=O)Nc1ccc(-c2nc3ccc(I)cc3s2)cc1. The predicted octanol–water partition coefficient (Wildman–Crippen LogP) is 4.85. The lowest BCUT2D eigenvalue weighted by Gasteiger charge is -2.06. The third-order valence-electron chi connectivity index (χ3n) is 3.62. The van der Waals surface area contributed by atoms with Crippen molar-refractivity contribution in [2.24, 2.45) is 0 Å². The van der Waals surface area contributed by atoms with Gasteiger partial charge in [0.15, 0.2) is 0 Å². The number of hydrogen-bond donors (Lipinski definition) is 1. The maximum Gasteiger partial charge on any atom is 0.302 e. The highest BCUT2D eigenvalue weighted by Gasteiger charge is 2.08. The second-order valence-electron chi connectivity index (χ2n) is 5.70.